The van der Waals surface area contributed by atoms with Crippen molar-refractivity contribution >= 4 is 28.6 Å². The van der Waals surface area contributed by atoms with Crippen LogP contribution in [0, 0.1) is 0 Å². The lowest BCUT2D eigenvalue weighted by atomic mass is 10.1. The number of carboxylic acids is 1. The number of hydrogen-bond donors (Lipinski definition) is 3. The molecular weight excluding hydrogens is 432 g/mol. The Hall–Kier alpha value is -4.04. The van der Waals surface area contributed by atoms with Crippen molar-refractivity contribution in [2.75, 3.05) is 19.6 Å². The van der Waals surface area contributed by atoms with Crippen molar-refractivity contribution in [2.24, 2.45) is 0 Å². The molecule has 2 amide bonds. The topological polar surface area (TPSA) is 112 Å². The lowest BCUT2D eigenvalue weighted by molar-refractivity contribution is -0.144. The van der Waals surface area contributed by atoms with Gasteiger partial charge in [-0.2, -0.15) is 0 Å². The van der Waals surface area contributed by atoms with Gasteiger partial charge in [-0.1, -0.05) is 60.7 Å². The standard InChI is InChI=1S/C26H26N4O4/c31-23(32)17-30-16-19(15-27-14-18-6-2-1-3-7-18)10-11-22(26(30)34)29-25(33)24-21-9-5-4-8-20(21)12-13-28-24/h1-10,12-13,22,27H,11,14-17H2,(H,29,33)(H,31,32). The highest BCUT2D eigenvalue weighted by Gasteiger charge is 2.30. The number of rotatable bonds is 8. The van der Waals surface area contributed by atoms with Crippen LogP contribution in [0.4, 0.5) is 0 Å². The van der Waals surface area contributed by atoms with Crippen LogP contribution in [0.3, 0.4) is 0 Å². The molecule has 1 aliphatic rings. The Morgan fingerprint density at radius 2 is 1.79 bits per heavy atom. The summed E-state index contributed by atoms with van der Waals surface area (Å²) in [6.07, 6.45) is 3.73. The molecule has 174 valence electrons. The van der Waals surface area contributed by atoms with Gasteiger partial charge < -0.3 is 20.6 Å². The molecule has 0 fully saturated rings. The molecule has 2 aromatic carbocycles. The van der Waals surface area contributed by atoms with Crippen molar-refractivity contribution in [3.63, 3.8) is 0 Å². The van der Waals surface area contributed by atoms with Crippen LogP contribution < -0.4 is 10.6 Å². The van der Waals surface area contributed by atoms with E-state index < -0.39 is 30.4 Å². The number of pyridine rings is 1. The van der Waals surface area contributed by atoms with E-state index in [2.05, 4.69) is 15.6 Å². The third-order valence-electron chi connectivity index (χ3n) is 5.69. The summed E-state index contributed by atoms with van der Waals surface area (Å²) in [7, 11) is 0. The summed E-state index contributed by atoms with van der Waals surface area (Å²) < 4.78 is 0. The molecule has 3 aromatic rings. The average Bonchev–Trinajstić information content (AvgIpc) is 2.98. The Labute approximate surface area is 197 Å². The van der Waals surface area contributed by atoms with Gasteiger partial charge >= 0.3 is 5.97 Å². The number of fused-ring (bicyclic) bond motifs is 1. The fourth-order valence-corrected chi connectivity index (χ4v) is 4.03. The van der Waals surface area contributed by atoms with Gasteiger partial charge in [-0.3, -0.25) is 19.4 Å². The van der Waals surface area contributed by atoms with E-state index in [0.29, 0.717) is 18.5 Å². The maximum Gasteiger partial charge on any atom is 0.323 e. The van der Waals surface area contributed by atoms with Crippen LogP contribution in [-0.2, 0) is 16.1 Å². The van der Waals surface area contributed by atoms with Gasteiger partial charge in [0.05, 0.1) is 0 Å². The fraction of sp³-hybridized carbons (Fsp3) is 0.231. The van der Waals surface area contributed by atoms with Crippen LogP contribution >= 0.6 is 0 Å². The molecule has 34 heavy (non-hydrogen) atoms. The van der Waals surface area contributed by atoms with E-state index in [9.17, 15) is 19.5 Å². The molecule has 1 aliphatic heterocycles. The van der Waals surface area contributed by atoms with E-state index in [1.165, 1.54) is 4.90 Å². The number of aliphatic carboxylic acids is 1. The second-order valence-corrected chi connectivity index (χ2v) is 8.18. The average molecular weight is 459 g/mol. The van der Waals surface area contributed by atoms with Crippen molar-refractivity contribution in [1.82, 2.24) is 20.5 Å². The van der Waals surface area contributed by atoms with E-state index in [-0.39, 0.29) is 18.7 Å². The van der Waals surface area contributed by atoms with Crippen LogP contribution in [0.1, 0.15) is 22.5 Å². The summed E-state index contributed by atoms with van der Waals surface area (Å²) in [5, 5.41) is 17.0. The molecule has 0 spiro atoms. The summed E-state index contributed by atoms with van der Waals surface area (Å²) in [6, 6.07) is 18.2. The molecule has 2 heterocycles. The highest BCUT2D eigenvalue weighted by atomic mass is 16.4. The van der Waals surface area contributed by atoms with E-state index in [0.717, 1.165) is 16.5 Å². The molecule has 1 atom stereocenters. The summed E-state index contributed by atoms with van der Waals surface area (Å²) in [4.78, 5) is 43.0. The van der Waals surface area contributed by atoms with Crippen LogP contribution in [0.2, 0.25) is 0 Å². The zero-order chi connectivity index (χ0) is 23.9. The lowest BCUT2D eigenvalue weighted by Gasteiger charge is -2.24. The zero-order valence-electron chi connectivity index (χ0n) is 18.6. The second-order valence-electron chi connectivity index (χ2n) is 8.18. The highest BCUT2D eigenvalue weighted by molar-refractivity contribution is 6.06. The van der Waals surface area contributed by atoms with Crippen molar-refractivity contribution < 1.29 is 19.5 Å². The largest absolute Gasteiger partial charge is 0.480 e. The van der Waals surface area contributed by atoms with Gasteiger partial charge in [0, 0.05) is 31.2 Å². The number of carboxylic acid groups (broad SMARTS) is 1. The smallest absolute Gasteiger partial charge is 0.323 e. The third kappa shape index (κ3) is 5.65. The fourth-order valence-electron chi connectivity index (χ4n) is 4.03. The van der Waals surface area contributed by atoms with E-state index in [1.54, 1.807) is 12.3 Å². The Bertz CT molecular complexity index is 1220. The molecule has 1 aromatic heterocycles. The summed E-state index contributed by atoms with van der Waals surface area (Å²) in [5.41, 5.74) is 2.25. The Balaban J connectivity index is 1.49. The number of nitrogens with one attached hydrogen (secondary N) is 2. The van der Waals surface area contributed by atoms with E-state index >= 15 is 0 Å². The molecule has 0 saturated carbocycles. The molecule has 8 nitrogen and oxygen atoms in total. The third-order valence-corrected chi connectivity index (χ3v) is 5.69. The number of nitrogens with zero attached hydrogens (tertiary/aromatic N) is 2. The maximum atomic E-state index is 13.1. The van der Waals surface area contributed by atoms with E-state index in [1.807, 2.05) is 60.7 Å². The highest BCUT2D eigenvalue weighted by Crippen LogP contribution is 2.18. The van der Waals surface area contributed by atoms with Gasteiger partial charge in [-0.05, 0) is 29.0 Å². The number of carbonyl (C=O) groups excluding carboxylic acids is 2. The summed E-state index contributed by atoms with van der Waals surface area (Å²) >= 11 is 0. The molecular formula is C26H26N4O4. The molecule has 0 bridgehead atoms. The first-order valence-electron chi connectivity index (χ1n) is 11.1. The van der Waals surface area contributed by atoms with Crippen LogP contribution in [0.25, 0.3) is 10.8 Å². The molecule has 3 N–H and O–H groups in total. The minimum absolute atomic E-state index is 0.186. The van der Waals surface area contributed by atoms with Crippen molar-refractivity contribution in [3.05, 3.63) is 89.8 Å². The molecule has 0 aliphatic carbocycles. The Kier molecular flexibility index (Phi) is 7.29. The number of amides is 2. The normalized spacial score (nSPS) is 16.1. The van der Waals surface area contributed by atoms with Gasteiger partial charge in [-0.15, -0.1) is 0 Å². The van der Waals surface area contributed by atoms with Crippen LogP contribution in [-0.4, -0.2) is 58.5 Å². The number of benzene rings is 2. The monoisotopic (exact) mass is 458 g/mol. The van der Waals surface area contributed by atoms with Gasteiger partial charge in [0.15, 0.2) is 0 Å². The number of carbonyl (C=O) groups is 3. The minimum atomic E-state index is -1.10. The zero-order valence-corrected chi connectivity index (χ0v) is 18.6. The molecule has 0 radical (unpaired) electrons. The van der Waals surface area contributed by atoms with Crippen molar-refractivity contribution in [2.45, 2.75) is 19.0 Å². The van der Waals surface area contributed by atoms with Gasteiger partial charge in [0.2, 0.25) is 5.91 Å². The van der Waals surface area contributed by atoms with Gasteiger partial charge in [0.25, 0.3) is 5.91 Å². The van der Waals surface area contributed by atoms with Crippen LogP contribution in [0.15, 0.2) is 78.5 Å². The summed E-state index contributed by atoms with van der Waals surface area (Å²) in [5.74, 6) is -2.00. The number of hydrogen-bond acceptors (Lipinski definition) is 5. The lowest BCUT2D eigenvalue weighted by Crippen LogP contribution is -2.49. The number of aromatic nitrogens is 1. The first kappa shape index (κ1) is 23.1. The predicted molar refractivity (Wildman–Crippen MR) is 128 cm³/mol. The first-order chi connectivity index (χ1) is 16.5. The van der Waals surface area contributed by atoms with E-state index in [4.69, 9.17) is 0 Å². The van der Waals surface area contributed by atoms with Crippen molar-refractivity contribution in [3.8, 4) is 0 Å². The molecule has 8 heteroatoms. The SMILES string of the molecule is O=C(O)CN1CC(CNCc2ccccc2)=CCC(NC(=O)c2nccc3ccccc23)C1=O. The maximum absolute atomic E-state index is 13.1. The van der Waals surface area contributed by atoms with Gasteiger partial charge in [-0.25, -0.2) is 0 Å². The molecule has 4 rings (SSSR count). The first-order valence-corrected chi connectivity index (χ1v) is 11.1. The van der Waals surface area contributed by atoms with Gasteiger partial charge in [0.1, 0.15) is 18.3 Å². The molecule has 0 saturated heterocycles. The van der Waals surface area contributed by atoms with Crippen molar-refractivity contribution in [1.29, 1.82) is 0 Å². The van der Waals surface area contributed by atoms with Crippen LogP contribution in [0.5, 0.6) is 0 Å². The minimum Gasteiger partial charge on any atom is -0.480 e. The Morgan fingerprint density at radius 3 is 2.59 bits per heavy atom. The molecule has 1 unspecified atom stereocenters. The predicted octanol–water partition coefficient (Wildman–Crippen LogP) is 2.37. The Morgan fingerprint density at radius 1 is 1.03 bits per heavy atom. The summed E-state index contributed by atoms with van der Waals surface area (Å²) in [6.45, 7) is 0.904. The second kappa shape index (κ2) is 10.7. The quantitative estimate of drug-likeness (QED) is 0.447.